The van der Waals surface area contributed by atoms with E-state index in [9.17, 15) is 9.59 Å². The second-order valence-electron chi connectivity index (χ2n) is 4.44. The normalized spacial score (nSPS) is 10.4. The van der Waals surface area contributed by atoms with Gasteiger partial charge in [-0.25, -0.2) is 4.98 Å². The Bertz CT molecular complexity index is 374. The maximum Gasteiger partial charge on any atom is 0.305 e. The number of aromatic nitrogens is 2. The minimum absolute atomic E-state index is 0.0871. The highest BCUT2D eigenvalue weighted by molar-refractivity contribution is 5.78. The fraction of sp³-hybridized carbons (Fsp3) is 0.643. The van der Waals surface area contributed by atoms with Crippen molar-refractivity contribution < 1.29 is 14.3 Å². The van der Waals surface area contributed by atoms with Crippen molar-refractivity contribution in [1.29, 1.82) is 0 Å². The molecule has 1 aromatic rings. The summed E-state index contributed by atoms with van der Waals surface area (Å²) in [7, 11) is 0. The van der Waals surface area contributed by atoms with Crippen molar-refractivity contribution in [2.24, 2.45) is 0 Å². The van der Waals surface area contributed by atoms with Gasteiger partial charge in [-0.15, -0.1) is 0 Å². The fourth-order valence-electron chi connectivity index (χ4n) is 1.84. The van der Waals surface area contributed by atoms with Crippen LogP contribution in [-0.4, -0.2) is 28.0 Å². The third kappa shape index (κ3) is 6.74. The number of ether oxygens (including phenoxy) is 1. The van der Waals surface area contributed by atoms with Crippen LogP contribution in [0, 0.1) is 0 Å². The van der Waals surface area contributed by atoms with Crippen molar-refractivity contribution in [1.82, 2.24) is 9.55 Å². The van der Waals surface area contributed by atoms with Gasteiger partial charge in [0, 0.05) is 25.2 Å². The van der Waals surface area contributed by atoms with E-state index in [1.807, 2.05) is 6.92 Å². The van der Waals surface area contributed by atoms with E-state index in [1.54, 1.807) is 12.4 Å². The number of carbonyl (C=O) groups is 2. The molecule has 5 nitrogen and oxygen atoms in total. The van der Waals surface area contributed by atoms with E-state index in [1.165, 1.54) is 10.9 Å². The first-order valence-electron chi connectivity index (χ1n) is 6.90. The number of rotatable bonds is 9. The smallest absolute Gasteiger partial charge is 0.305 e. The molecule has 106 valence electrons. The topological polar surface area (TPSA) is 61.2 Å². The summed E-state index contributed by atoms with van der Waals surface area (Å²) in [5.74, 6) is -0.0261. The van der Waals surface area contributed by atoms with Crippen molar-refractivity contribution >= 4 is 11.9 Å². The maximum absolute atomic E-state index is 11.6. The molecule has 0 bridgehead atoms. The molecule has 0 aliphatic carbocycles. The molecule has 19 heavy (non-hydrogen) atoms. The van der Waals surface area contributed by atoms with Gasteiger partial charge in [0.25, 0.3) is 0 Å². The zero-order valence-electron chi connectivity index (χ0n) is 11.5. The SMILES string of the molecule is CCOC(=O)CCCCCCCC(=O)n1ccnc1. The second kappa shape index (κ2) is 9.30. The van der Waals surface area contributed by atoms with Gasteiger partial charge >= 0.3 is 5.97 Å². The third-order valence-electron chi connectivity index (χ3n) is 2.87. The Morgan fingerprint density at radius 2 is 1.79 bits per heavy atom. The lowest BCUT2D eigenvalue weighted by Gasteiger charge is -2.03. The first-order chi connectivity index (χ1) is 9.24. The molecule has 0 amide bonds. The van der Waals surface area contributed by atoms with Crippen LogP contribution in [0.25, 0.3) is 0 Å². The monoisotopic (exact) mass is 266 g/mol. The Morgan fingerprint density at radius 3 is 2.42 bits per heavy atom. The lowest BCUT2D eigenvalue weighted by molar-refractivity contribution is -0.143. The van der Waals surface area contributed by atoms with Crippen molar-refractivity contribution in [3.05, 3.63) is 18.7 Å². The highest BCUT2D eigenvalue weighted by Gasteiger charge is 2.04. The lowest BCUT2D eigenvalue weighted by atomic mass is 10.1. The summed E-state index contributed by atoms with van der Waals surface area (Å²) in [4.78, 5) is 26.5. The molecular formula is C14H22N2O3. The number of imidazole rings is 1. The van der Waals surface area contributed by atoms with Crippen molar-refractivity contribution in [2.75, 3.05) is 6.61 Å². The molecular weight excluding hydrogens is 244 g/mol. The van der Waals surface area contributed by atoms with Crippen LogP contribution < -0.4 is 0 Å². The maximum atomic E-state index is 11.6. The number of unbranched alkanes of at least 4 members (excludes halogenated alkanes) is 4. The summed E-state index contributed by atoms with van der Waals surface area (Å²) in [6, 6.07) is 0. The number of hydrogen-bond donors (Lipinski definition) is 0. The number of carbonyl (C=O) groups excluding carboxylic acids is 2. The minimum Gasteiger partial charge on any atom is -0.466 e. The minimum atomic E-state index is -0.113. The zero-order valence-corrected chi connectivity index (χ0v) is 11.5. The molecule has 0 unspecified atom stereocenters. The van der Waals surface area contributed by atoms with Crippen LogP contribution >= 0.6 is 0 Å². The Hall–Kier alpha value is -1.65. The number of nitrogens with zero attached hydrogens (tertiary/aromatic N) is 2. The molecule has 5 heteroatoms. The highest BCUT2D eigenvalue weighted by Crippen LogP contribution is 2.08. The van der Waals surface area contributed by atoms with Gasteiger partial charge in [-0.3, -0.25) is 14.2 Å². The lowest BCUT2D eigenvalue weighted by Crippen LogP contribution is -2.07. The number of esters is 1. The summed E-state index contributed by atoms with van der Waals surface area (Å²) < 4.78 is 6.36. The summed E-state index contributed by atoms with van der Waals surface area (Å²) in [5, 5.41) is 0. The summed E-state index contributed by atoms with van der Waals surface area (Å²) in [5.41, 5.74) is 0. The molecule has 0 saturated heterocycles. The Morgan fingerprint density at radius 1 is 1.11 bits per heavy atom. The van der Waals surface area contributed by atoms with Gasteiger partial charge in [0.2, 0.25) is 5.91 Å². The molecule has 0 N–H and O–H groups in total. The molecule has 0 fully saturated rings. The molecule has 1 aromatic heterocycles. The van der Waals surface area contributed by atoms with Crippen LogP contribution in [0.2, 0.25) is 0 Å². The van der Waals surface area contributed by atoms with Gasteiger partial charge in [0.15, 0.2) is 0 Å². The van der Waals surface area contributed by atoms with Gasteiger partial charge in [-0.05, 0) is 19.8 Å². The predicted molar refractivity (Wildman–Crippen MR) is 71.8 cm³/mol. The third-order valence-corrected chi connectivity index (χ3v) is 2.87. The van der Waals surface area contributed by atoms with E-state index in [4.69, 9.17) is 4.74 Å². The second-order valence-corrected chi connectivity index (χ2v) is 4.44. The van der Waals surface area contributed by atoms with Gasteiger partial charge < -0.3 is 4.74 Å². The standard InChI is InChI=1S/C14H22N2O3/c1-2-19-14(18)9-7-5-3-4-6-8-13(17)16-11-10-15-12-16/h10-12H,2-9H2,1H3. The molecule has 0 spiro atoms. The first kappa shape index (κ1) is 15.4. The summed E-state index contributed by atoms with van der Waals surface area (Å²) in [6.07, 6.45) is 10.7. The van der Waals surface area contributed by atoms with Crippen LogP contribution in [0.3, 0.4) is 0 Å². The Kier molecular flexibility index (Phi) is 7.54. The van der Waals surface area contributed by atoms with E-state index in [0.29, 0.717) is 19.4 Å². The Labute approximate surface area is 114 Å². The van der Waals surface area contributed by atoms with Crippen LogP contribution in [0.5, 0.6) is 0 Å². The van der Waals surface area contributed by atoms with Crippen LogP contribution in [0.1, 0.15) is 56.7 Å². The summed E-state index contributed by atoms with van der Waals surface area (Å²) in [6.45, 7) is 2.27. The predicted octanol–water partition coefficient (Wildman–Crippen LogP) is 2.82. The Balaban J connectivity index is 1.94. The van der Waals surface area contributed by atoms with Crippen molar-refractivity contribution in [3.63, 3.8) is 0 Å². The molecule has 0 aromatic carbocycles. The van der Waals surface area contributed by atoms with Gasteiger partial charge in [0.1, 0.15) is 6.33 Å². The average molecular weight is 266 g/mol. The van der Waals surface area contributed by atoms with Gasteiger partial charge in [-0.2, -0.15) is 0 Å². The quantitative estimate of drug-likeness (QED) is 0.509. The molecule has 1 rings (SSSR count). The van der Waals surface area contributed by atoms with E-state index in [-0.39, 0.29) is 11.9 Å². The molecule has 0 aliphatic heterocycles. The van der Waals surface area contributed by atoms with E-state index in [0.717, 1.165) is 32.1 Å². The largest absolute Gasteiger partial charge is 0.466 e. The molecule has 0 atom stereocenters. The van der Waals surface area contributed by atoms with E-state index in [2.05, 4.69) is 4.98 Å². The number of hydrogen-bond acceptors (Lipinski definition) is 4. The van der Waals surface area contributed by atoms with E-state index >= 15 is 0 Å². The van der Waals surface area contributed by atoms with Gasteiger partial charge in [0.05, 0.1) is 6.61 Å². The molecule has 0 radical (unpaired) electrons. The summed E-state index contributed by atoms with van der Waals surface area (Å²) >= 11 is 0. The molecule has 0 aliphatic rings. The van der Waals surface area contributed by atoms with Gasteiger partial charge in [-0.1, -0.05) is 19.3 Å². The fourth-order valence-corrected chi connectivity index (χ4v) is 1.84. The molecule has 1 heterocycles. The van der Waals surface area contributed by atoms with Crippen molar-refractivity contribution in [3.8, 4) is 0 Å². The zero-order chi connectivity index (χ0) is 13.9. The highest BCUT2D eigenvalue weighted by atomic mass is 16.5. The first-order valence-corrected chi connectivity index (χ1v) is 6.90. The van der Waals surface area contributed by atoms with Crippen LogP contribution in [0.4, 0.5) is 0 Å². The average Bonchev–Trinajstić information content (AvgIpc) is 2.91. The van der Waals surface area contributed by atoms with Crippen LogP contribution in [-0.2, 0) is 9.53 Å². The van der Waals surface area contributed by atoms with Crippen molar-refractivity contribution in [2.45, 2.75) is 51.9 Å². The molecule has 0 saturated carbocycles. The van der Waals surface area contributed by atoms with Crippen LogP contribution in [0.15, 0.2) is 18.7 Å². The van der Waals surface area contributed by atoms with E-state index < -0.39 is 0 Å².